The van der Waals surface area contributed by atoms with E-state index in [9.17, 15) is 9.59 Å². The fourth-order valence-electron chi connectivity index (χ4n) is 4.41. The molecule has 1 fully saturated rings. The summed E-state index contributed by atoms with van der Waals surface area (Å²) in [5, 5.41) is 1.41. The Morgan fingerprint density at radius 1 is 0.938 bits per heavy atom. The molecule has 164 valence electrons. The van der Waals surface area contributed by atoms with Gasteiger partial charge in [-0.3, -0.25) is 19.1 Å². The maximum Gasteiger partial charge on any atom is 0.267 e. The second-order valence-electron chi connectivity index (χ2n) is 7.95. The van der Waals surface area contributed by atoms with Gasteiger partial charge in [0.15, 0.2) is 5.16 Å². The molecule has 6 nitrogen and oxygen atoms in total. The first-order valence-corrected chi connectivity index (χ1v) is 12.0. The number of carbonyl (C=O) groups excluding carboxylic acids is 1. The maximum atomic E-state index is 13.1. The van der Waals surface area contributed by atoms with Gasteiger partial charge in [-0.1, -0.05) is 65.8 Å². The molecule has 2 aliphatic rings. The highest BCUT2D eigenvalue weighted by molar-refractivity contribution is 7.99. The van der Waals surface area contributed by atoms with E-state index in [-0.39, 0.29) is 23.1 Å². The van der Waals surface area contributed by atoms with E-state index in [0.29, 0.717) is 42.9 Å². The molecule has 0 unspecified atom stereocenters. The Balaban J connectivity index is 1.35. The number of thioether (sulfide) groups is 1. The van der Waals surface area contributed by atoms with Crippen molar-refractivity contribution in [3.05, 3.63) is 92.9 Å². The van der Waals surface area contributed by atoms with Crippen LogP contribution >= 0.6 is 23.4 Å². The van der Waals surface area contributed by atoms with Gasteiger partial charge in [0.1, 0.15) is 5.56 Å². The van der Waals surface area contributed by atoms with Crippen molar-refractivity contribution >= 4 is 29.3 Å². The highest BCUT2D eigenvalue weighted by atomic mass is 35.5. The largest absolute Gasteiger partial charge is 0.336 e. The maximum absolute atomic E-state index is 13.1. The van der Waals surface area contributed by atoms with Crippen LogP contribution in [0.5, 0.6) is 0 Å². The van der Waals surface area contributed by atoms with Crippen LogP contribution in [0.3, 0.4) is 0 Å². The van der Waals surface area contributed by atoms with Crippen molar-refractivity contribution in [3.8, 4) is 0 Å². The van der Waals surface area contributed by atoms with Gasteiger partial charge in [-0.2, -0.15) is 0 Å². The number of carbonyl (C=O) groups is 1. The summed E-state index contributed by atoms with van der Waals surface area (Å²) in [6.07, 6.45) is 1.45. The molecule has 5 rings (SSSR count). The zero-order chi connectivity index (χ0) is 22.1. The Morgan fingerprint density at radius 3 is 2.34 bits per heavy atom. The van der Waals surface area contributed by atoms with Crippen LogP contribution < -0.4 is 5.56 Å². The molecule has 0 spiro atoms. The van der Waals surface area contributed by atoms with Crippen LogP contribution in [0.15, 0.2) is 70.7 Å². The lowest BCUT2D eigenvalue weighted by Gasteiger charge is -2.39. The summed E-state index contributed by atoms with van der Waals surface area (Å²) in [7, 11) is 0. The van der Waals surface area contributed by atoms with Gasteiger partial charge in [0.2, 0.25) is 0 Å². The first-order chi connectivity index (χ1) is 15.6. The molecule has 8 heteroatoms. The Kier molecular flexibility index (Phi) is 6.04. The van der Waals surface area contributed by atoms with Gasteiger partial charge in [0.05, 0.1) is 6.04 Å². The van der Waals surface area contributed by atoms with Crippen LogP contribution in [0.2, 0.25) is 5.02 Å². The molecule has 1 amide bonds. The van der Waals surface area contributed by atoms with Gasteiger partial charge in [0.25, 0.3) is 11.5 Å². The van der Waals surface area contributed by atoms with Crippen LogP contribution in [-0.2, 0) is 6.54 Å². The van der Waals surface area contributed by atoms with Gasteiger partial charge in [-0.05, 0) is 23.3 Å². The Morgan fingerprint density at radius 2 is 1.62 bits per heavy atom. The van der Waals surface area contributed by atoms with Gasteiger partial charge < -0.3 is 4.90 Å². The number of aromatic nitrogens is 2. The van der Waals surface area contributed by atoms with E-state index in [0.717, 1.165) is 5.75 Å². The van der Waals surface area contributed by atoms with Gasteiger partial charge in [-0.25, -0.2) is 4.98 Å². The summed E-state index contributed by atoms with van der Waals surface area (Å²) in [5.41, 5.74) is 2.31. The molecule has 0 saturated carbocycles. The summed E-state index contributed by atoms with van der Waals surface area (Å²) in [5.74, 6) is 0.599. The number of hydrogen-bond acceptors (Lipinski definition) is 5. The van der Waals surface area contributed by atoms with Crippen LogP contribution in [0.4, 0.5) is 0 Å². The number of fused-ring (bicyclic) bond motifs is 1. The van der Waals surface area contributed by atoms with E-state index >= 15 is 0 Å². The molecular formula is C24H23ClN4O2S. The Hall–Kier alpha value is -2.61. The van der Waals surface area contributed by atoms with Crippen LogP contribution in [0.25, 0.3) is 0 Å². The van der Waals surface area contributed by atoms with E-state index in [1.165, 1.54) is 17.3 Å². The van der Waals surface area contributed by atoms with E-state index in [1.807, 2.05) is 30.3 Å². The van der Waals surface area contributed by atoms with Crippen molar-refractivity contribution in [2.75, 3.05) is 31.9 Å². The molecular weight excluding hydrogens is 444 g/mol. The third-order valence-corrected chi connectivity index (χ3v) is 7.28. The van der Waals surface area contributed by atoms with Gasteiger partial charge >= 0.3 is 0 Å². The monoisotopic (exact) mass is 466 g/mol. The standard InChI is InChI=1S/C24H23ClN4O2S/c25-19-8-6-18(7-9-19)21(17-4-2-1-3-5-17)27-10-12-28(13-11-27)22(30)20-16-26-24-29(23(20)31)14-15-32-24/h1-9,16,21H,10-15H2/t21-/m1/s1. The van der Waals surface area contributed by atoms with Crippen LogP contribution in [-0.4, -0.2) is 57.2 Å². The van der Waals surface area contributed by atoms with Crippen LogP contribution in [0, 0.1) is 0 Å². The Labute approximate surface area is 195 Å². The number of nitrogens with zero attached hydrogens (tertiary/aromatic N) is 4. The summed E-state index contributed by atoms with van der Waals surface area (Å²) < 4.78 is 1.61. The topological polar surface area (TPSA) is 58.4 Å². The first-order valence-electron chi connectivity index (χ1n) is 10.7. The average molecular weight is 467 g/mol. The predicted octanol–water partition coefficient (Wildman–Crippen LogP) is 3.55. The normalized spacial score (nSPS) is 17.2. The molecule has 1 aromatic heterocycles. The van der Waals surface area contributed by atoms with E-state index in [4.69, 9.17) is 11.6 Å². The first kappa shape index (κ1) is 21.2. The molecule has 32 heavy (non-hydrogen) atoms. The summed E-state index contributed by atoms with van der Waals surface area (Å²) in [4.78, 5) is 34.3. The van der Waals surface area contributed by atoms with Crippen molar-refractivity contribution in [1.29, 1.82) is 0 Å². The molecule has 2 aliphatic heterocycles. The number of rotatable bonds is 4. The van der Waals surface area contributed by atoms with E-state index < -0.39 is 0 Å². The number of hydrogen-bond donors (Lipinski definition) is 0. The van der Waals surface area contributed by atoms with Gasteiger partial charge in [0, 0.05) is 49.7 Å². The van der Waals surface area contributed by atoms with E-state index in [2.05, 4.69) is 34.1 Å². The quantitative estimate of drug-likeness (QED) is 0.550. The van der Waals surface area contributed by atoms with Crippen molar-refractivity contribution in [1.82, 2.24) is 19.4 Å². The second kappa shape index (κ2) is 9.10. The molecule has 0 aliphatic carbocycles. The molecule has 2 aromatic carbocycles. The minimum Gasteiger partial charge on any atom is -0.336 e. The lowest BCUT2D eigenvalue weighted by molar-refractivity contribution is 0.0594. The van der Waals surface area contributed by atoms with Gasteiger partial charge in [-0.15, -0.1) is 0 Å². The zero-order valence-electron chi connectivity index (χ0n) is 17.5. The third kappa shape index (κ3) is 4.08. The summed E-state index contributed by atoms with van der Waals surface area (Å²) in [6, 6.07) is 18.4. The lowest BCUT2D eigenvalue weighted by atomic mass is 9.96. The van der Waals surface area contributed by atoms with Crippen molar-refractivity contribution < 1.29 is 4.79 Å². The molecule has 0 radical (unpaired) electrons. The molecule has 1 atom stereocenters. The lowest BCUT2D eigenvalue weighted by Crippen LogP contribution is -2.50. The molecule has 0 bridgehead atoms. The fourth-order valence-corrected chi connectivity index (χ4v) is 5.45. The Bertz CT molecular complexity index is 1170. The van der Waals surface area contributed by atoms with Crippen molar-refractivity contribution in [2.45, 2.75) is 17.7 Å². The highest BCUT2D eigenvalue weighted by Crippen LogP contribution is 2.30. The number of piperazine rings is 1. The highest BCUT2D eigenvalue weighted by Gasteiger charge is 2.30. The molecule has 3 heterocycles. The average Bonchev–Trinajstić information content (AvgIpc) is 3.32. The molecule has 3 aromatic rings. The van der Waals surface area contributed by atoms with E-state index in [1.54, 1.807) is 21.2 Å². The summed E-state index contributed by atoms with van der Waals surface area (Å²) in [6.45, 7) is 3.16. The number of amides is 1. The SMILES string of the molecule is O=C(c1cnc2n(c1=O)CCS2)N1CCN([C@H](c2ccccc2)c2ccc(Cl)cc2)CC1. The summed E-state index contributed by atoms with van der Waals surface area (Å²) >= 11 is 7.67. The second-order valence-corrected chi connectivity index (χ2v) is 9.45. The zero-order valence-corrected chi connectivity index (χ0v) is 19.1. The van der Waals surface area contributed by atoms with Crippen molar-refractivity contribution in [2.24, 2.45) is 0 Å². The number of benzene rings is 2. The van der Waals surface area contributed by atoms with Crippen LogP contribution in [0.1, 0.15) is 27.5 Å². The fraction of sp³-hybridized carbons (Fsp3) is 0.292. The number of halogens is 1. The molecule has 0 N–H and O–H groups in total. The van der Waals surface area contributed by atoms with Crippen molar-refractivity contribution in [3.63, 3.8) is 0 Å². The molecule has 1 saturated heterocycles. The minimum atomic E-state index is -0.226. The minimum absolute atomic E-state index is 0.0787. The third-order valence-electron chi connectivity index (χ3n) is 6.05. The predicted molar refractivity (Wildman–Crippen MR) is 126 cm³/mol. The smallest absolute Gasteiger partial charge is 0.267 e.